The van der Waals surface area contributed by atoms with Crippen molar-refractivity contribution < 1.29 is 46.4 Å². The fourth-order valence-corrected chi connectivity index (χ4v) is 10.8. The molecular formula is C61H78F3N13O8. The molecule has 1 aliphatic heterocycles. The van der Waals surface area contributed by atoms with Gasteiger partial charge in [0.15, 0.2) is 6.29 Å². The van der Waals surface area contributed by atoms with Gasteiger partial charge in [-0.25, -0.2) is 9.48 Å². The molecule has 21 nitrogen and oxygen atoms in total. The number of hydrogen-bond acceptors (Lipinski definition) is 16. The van der Waals surface area contributed by atoms with Gasteiger partial charge in [-0.3, -0.25) is 18.6 Å². The Kier molecular flexibility index (Phi) is 21.1. The molecule has 85 heavy (non-hydrogen) atoms. The van der Waals surface area contributed by atoms with Gasteiger partial charge < -0.3 is 58.7 Å². The van der Waals surface area contributed by atoms with Crippen molar-refractivity contribution >= 4 is 51.0 Å². The molecule has 1 saturated carbocycles. The third-order valence-corrected chi connectivity index (χ3v) is 15.4. The molecule has 2 fully saturated rings. The number of carbonyl (C=O) groups excluding carboxylic acids is 1. The van der Waals surface area contributed by atoms with E-state index in [1.54, 1.807) is 61.2 Å². The lowest BCUT2D eigenvalue weighted by molar-refractivity contribution is -0.139. The van der Waals surface area contributed by atoms with Crippen LogP contribution in [0.5, 0.6) is 17.2 Å². The van der Waals surface area contributed by atoms with Crippen molar-refractivity contribution in [3.63, 3.8) is 0 Å². The summed E-state index contributed by atoms with van der Waals surface area (Å²) >= 11 is 0. The number of aldehydes is 1. The highest BCUT2D eigenvalue weighted by molar-refractivity contribution is 5.96. The largest absolute Gasteiger partial charge is 0.496 e. The molecule has 8 aromatic rings. The topological polar surface area (TPSA) is 195 Å². The number of nitrogens with zero attached hydrogens (tertiary/aromatic N) is 10. The zero-order valence-electron chi connectivity index (χ0n) is 49.3. The molecule has 2 aliphatic rings. The lowest BCUT2D eigenvalue weighted by Gasteiger charge is -2.33. The number of hydrogen-bond donors (Lipinski definition) is 3. The van der Waals surface area contributed by atoms with Crippen LogP contribution in [0.1, 0.15) is 54.6 Å². The maximum Gasteiger partial charge on any atom is 0.406 e. The number of alkyl halides is 3. The number of rotatable bonds is 28. The third kappa shape index (κ3) is 16.2. The molecule has 0 amide bonds. The molecule has 4 aromatic heterocycles. The van der Waals surface area contributed by atoms with Crippen molar-refractivity contribution in [3.05, 3.63) is 119 Å². The number of fused-ring (bicyclic) bond motifs is 2. The summed E-state index contributed by atoms with van der Waals surface area (Å²) in [6, 6.07) is 26.5. The molecule has 24 heteroatoms. The quantitative estimate of drug-likeness (QED) is 0.0310. The lowest BCUT2D eigenvalue weighted by atomic mass is 9.90. The molecule has 0 unspecified atom stereocenters. The average Bonchev–Trinajstić information content (AvgIpc) is 2.93. The van der Waals surface area contributed by atoms with Crippen LogP contribution in [-0.2, 0) is 54.7 Å². The van der Waals surface area contributed by atoms with E-state index in [2.05, 4.69) is 67.4 Å². The van der Waals surface area contributed by atoms with Crippen molar-refractivity contribution in [3.8, 4) is 28.6 Å². The summed E-state index contributed by atoms with van der Waals surface area (Å²) in [5.74, 6) is 1.68. The number of carbonyl (C=O) groups is 1. The van der Waals surface area contributed by atoms with E-state index in [4.69, 9.17) is 28.4 Å². The van der Waals surface area contributed by atoms with Crippen LogP contribution < -0.4 is 40.8 Å². The van der Waals surface area contributed by atoms with Gasteiger partial charge in [-0.2, -0.15) is 18.3 Å². The SMILES string of the molecule is CNc1cc2c(cc1N1CCCC1)n(C)c(=O)n2C.COc1cc(OCc2cn(CCOCCOCCOCCOc3ccc(NCn4ccc(-c5cc6c(NC7CCC(N(C)C)CC7)cccc6n5CC(F)(F)F)n4)cc3)nn2)ccc1C=O. The fourth-order valence-electron chi connectivity index (χ4n) is 10.8. The van der Waals surface area contributed by atoms with Gasteiger partial charge in [0.2, 0.25) is 0 Å². The Morgan fingerprint density at radius 3 is 2.14 bits per heavy atom. The Morgan fingerprint density at radius 2 is 1.46 bits per heavy atom. The predicted molar refractivity (Wildman–Crippen MR) is 322 cm³/mol. The Balaban J connectivity index is 0.000000382. The van der Waals surface area contributed by atoms with E-state index < -0.39 is 12.7 Å². The van der Waals surface area contributed by atoms with E-state index in [9.17, 15) is 22.8 Å². The Morgan fingerprint density at radius 1 is 0.765 bits per heavy atom. The minimum atomic E-state index is -4.41. The molecule has 1 saturated heterocycles. The van der Waals surface area contributed by atoms with E-state index in [1.807, 2.05) is 63.6 Å². The van der Waals surface area contributed by atoms with Gasteiger partial charge in [0.05, 0.1) is 98.7 Å². The summed E-state index contributed by atoms with van der Waals surface area (Å²) in [5.41, 5.74) is 8.44. The number of imidazole rings is 1. The average molecular weight is 1180 g/mol. The highest BCUT2D eigenvalue weighted by Crippen LogP contribution is 2.37. The number of aryl methyl sites for hydroxylation is 2. The van der Waals surface area contributed by atoms with Crippen LogP contribution in [-0.4, -0.2) is 156 Å². The minimum Gasteiger partial charge on any atom is -0.496 e. The number of halogens is 3. The monoisotopic (exact) mass is 1180 g/mol. The summed E-state index contributed by atoms with van der Waals surface area (Å²) in [6.45, 7) is 5.02. The van der Waals surface area contributed by atoms with E-state index in [1.165, 1.54) is 30.2 Å². The number of aromatic nitrogens is 8. The first-order valence-electron chi connectivity index (χ1n) is 28.8. The minimum absolute atomic E-state index is 0.0237. The maximum absolute atomic E-state index is 13.9. The molecule has 5 heterocycles. The van der Waals surface area contributed by atoms with Crippen LogP contribution in [0, 0.1) is 0 Å². The number of nitrogens with one attached hydrogen (secondary N) is 3. The molecule has 0 radical (unpaired) electrons. The van der Waals surface area contributed by atoms with Crippen LogP contribution >= 0.6 is 0 Å². The Hall–Kier alpha value is -8.06. The maximum atomic E-state index is 13.9. The van der Waals surface area contributed by atoms with Gasteiger partial charge in [0, 0.05) is 75.3 Å². The van der Waals surface area contributed by atoms with Gasteiger partial charge in [-0.1, -0.05) is 11.3 Å². The van der Waals surface area contributed by atoms with E-state index in [0.29, 0.717) is 111 Å². The van der Waals surface area contributed by atoms with Crippen LogP contribution in [0.2, 0.25) is 0 Å². The molecule has 456 valence electrons. The molecule has 3 N–H and O–H groups in total. The first-order valence-corrected chi connectivity index (χ1v) is 28.8. The highest BCUT2D eigenvalue weighted by Gasteiger charge is 2.31. The second kappa shape index (κ2) is 29.2. The zero-order chi connectivity index (χ0) is 59.9. The molecular weight excluding hydrogens is 1100 g/mol. The van der Waals surface area contributed by atoms with Crippen molar-refractivity contribution in [2.45, 2.75) is 83.1 Å². The van der Waals surface area contributed by atoms with Gasteiger partial charge in [-0.15, -0.1) is 5.10 Å². The highest BCUT2D eigenvalue weighted by atomic mass is 19.4. The predicted octanol–water partition coefficient (Wildman–Crippen LogP) is 9.06. The van der Waals surface area contributed by atoms with Crippen LogP contribution in [0.15, 0.2) is 102 Å². The van der Waals surface area contributed by atoms with Crippen molar-refractivity contribution in [1.29, 1.82) is 0 Å². The van der Waals surface area contributed by atoms with Crippen LogP contribution in [0.3, 0.4) is 0 Å². The normalized spacial score (nSPS) is 15.3. The van der Waals surface area contributed by atoms with Crippen molar-refractivity contribution in [2.24, 2.45) is 14.1 Å². The molecule has 10 rings (SSSR count). The second-order valence-corrected chi connectivity index (χ2v) is 21.4. The fraction of sp³-hybridized carbons (Fsp3) is 0.459. The summed E-state index contributed by atoms with van der Waals surface area (Å²) in [6.07, 6.45) is 6.52. The number of anilines is 4. The van der Waals surface area contributed by atoms with Gasteiger partial charge >= 0.3 is 11.9 Å². The second-order valence-electron chi connectivity index (χ2n) is 21.4. The van der Waals surface area contributed by atoms with Gasteiger partial charge in [0.25, 0.3) is 0 Å². The van der Waals surface area contributed by atoms with Crippen molar-refractivity contribution in [1.82, 2.24) is 43.4 Å². The number of benzene rings is 4. The number of ether oxygens (including phenoxy) is 6. The van der Waals surface area contributed by atoms with E-state index >= 15 is 0 Å². The summed E-state index contributed by atoms with van der Waals surface area (Å²) in [5, 5.41) is 23.8. The standard InChI is InChI=1S/C47H58F3N9O7.C14H20N4O/c1-56(2)38-12-8-36(9-13-38)52-42-5-4-6-44-41(42)28-45(59(44)32-47(48,49)50)43-17-18-58(54-43)33-51-35-10-15-39(16-11-35)65-26-25-64-24-23-63-22-21-62-20-19-57-29-37(53-55-57)31-66-40-14-7-34(30-60)46(27-40)61-3;1-15-10-8-12-13(17(3)14(19)16(12)2)9-11(10)18-6-4-5-7-18/h4-7,10-11,14-18,27-30,36,38,51-52H,8-9,12-13,19-26,31-33H2,1-3H3;8-9,15H,4-7H2,1-3H3. The van der Waals surface area contributed by atoms with Crippen molar-refractivity contribution in [2.75, 3.05) is 108 Å². The lowest BCUT2D eigenvalue weighted by Crippen LogP contribution is -2.36. The Bertz CT molecular complexity index is 3490. The molecule has 0 bridgehead atoms. The molecule has 0 atom stereocenters. The molecule has 1 aliphatic carbocycles. The zero-order valence-corrected chi connectivity index (χ0v) is 49.3. The first-order chi connectivity index (χ1) is 41.2. The van der Waals surface area contributed by atoms with E-state index in [-0.39, 0.29) is 18.3 Å². The summed E-state index contributed by atoms with van der Waals surface area (Å²) < 4.78 is 83.5. The summed E-state index contributed by atoms with van der Waals surface area (Å²) in [7, 11) is 11.3. The Labute approximate surface area is 492 Å². The van der Waals surface area contributed by atoms with Crippen LogP contribution in [0.25, 0.3) is 33.3 Å². The van der Waals surface area contributed by atoms with Gasteiger partial charge in [-0.05, 0) is 125 Å². The molecule has 0 spiro atoms. The smallest absolute Gasteiger partial charge is 0.406 e. The number of methoxy groups -OCH3 is 1. The van der Waals surface area contributed by atoms with E-state index in [0.717, 1.165) is 78.5 Å². The third-order valence-electron chi connectivity index (χ3n) is 15.4. The van der Waals surface area contributed by atoms with Crippen LogP contribution in [0.4, 0.5) is 35.9 Å². The van der Waals surface area contributed by atoms with Gasteiger partial charge in [0.1, 0.15) is 55.1 Å². The molecule has 4 aromatic carbocycles. The first kappa shape index (κ1) is 61.5. The summed E-state index contributed by atoms with van der Waals surface area (Å²) in [4.78, 5) is 27.8.